The third kappa shape index (κ3) is 5.15. The van der Waals surface area contributed by atoms with Crippen molar-refractivity contribution in [2.75, 3.05) is 26.3 Å². The van der Waals surface area contributed by atoms with Crippen molar-refractivity contribution in [2.45, 2.75) is 18.8 Å². The van der Waals surface area contributed by atoms with E-state index in [-0.39, 0.29) is 35.3 Å². The van der Waals surface area contributed by atoms with Gasteiger partial charge in [0.1, 0.15) is 0 Å². The van der Waals surface area contributed by atoms with Crippen molar-refractivity contribution in [3.63, 3.8) is 0 Å². The van der Waals surface area contributed by atoms with E-state index in [1.807, 2.05) is 6.07 Å². The summed E-state index contributed by atoms with van der Waals surface area (Å²) in [4.78, 5) is 26.8. The molecular weight excluding hydrogens is 517 g/mol. The van der Waals surface area contributed by atoms with Crippen LogP contribution in [0, 0.1) is 0 Å². The molecule has 7 nitrogen and oxygen atoms in total. The molecule has 12 heteroatoms. The summed E-state index contributed by atoms with van der Waals surface area (Å²) < 4.78 is 45.8. The van der Waals surface area contributed by atoms with Gasteiger partial charge in [0, 0.05) is 29.5 Å². The van der Waals surface area contributed by atoms with Crippen LogP contribution in [0.5, 0.6) is 0 Å². The molecule has 1 aromatic heterocycles. The number of carbonyl (C=O) groups excluding carboxylic acids is 2. The van der Waals surface area contributed by atoms with Crippen molar-refractivity contribution >= 4 is 51.5 Å². The lowest BCUT2D eigenvalue weighted by molar-refractivity contribution is -0.137. The average molecular weight is 537 g/mol. The van der Waals surface area contributed by atoms with Crippen LogP contribution in [0.2, 0.25) is 5.02 Å². The van der Waals surface area contributed by atoms with E-state index in [4.69, 9.17) is 16.3 Å². The molecule has 3 heterocycles. The molecular formula is C24H20ClF3N4O3S. The Morgan fingerprint density at radius 1 is 1.22 bits per heavy atom. The summed E-state index contributed by atoms with van der Waals surface area (Å²) in [6.45, 7) is 2.17. The number of fused-ring (bicyclic) bond motifs is 1. The van der Waals surface area contributed by atoms with E-state index in [1.165, 1.54) is 11.0 Å². The van der Waals surface area contributed by atoms with Crippen LogP contribution < -0.4 is 5.32 Å². The van der Waals surface area contributed by atoms with Crippen molar-refractivity contribution in [2.24, 2.45) is 0 Å². The predicted molar refractivity (Wildman–Crippen MR) is 131 cm³/mol. The van der Waals surface area contributed by atoms with Crippen LogP contribution in [-0.2, 0) is 22.3 Å². The molecule has 2 aliphatic heterocycles. The third-order valence-electron chi connectivity index (χ3n) is 5.94. The smallest absolute Gasteiger partial charge is 0.378 e. The molecule has 36 heavy (non-hydrogen) atoms. The Kier molecular flexibility index (Phi) is 6.82. The molecule has 0 aliphatic carbocycles. The van der Waals surface area contributed by atoms with Gasteiger partial charge in [0.15, 0.2) is 0 Å². The number of benzene rings is 2. The number of hydrogen-bond donors (Lipinski definition) is 1. The van der Waals surface area contributed by atoms with Crippen LogP contribution in [0.25, 0.3) is 17.0 Å². The summed E-state index contributed by atoms with van der Waals surface area (Å²) in [5.74, 6) is -0.342. The summed E-state index contributed by atoms with van der Waals surface area (Å²) in [6, 6.07) is 8.59. The number of aromatic nitrogens is 2. The molecule has 2 amide bonds. The summed E-state index contributed by atoms with van der Waals surface area (Å²) in [5.41, 5.74) is 1.17. The van der Waals surface area contributed by atoms with Crippen molar-refractivity contribution in [3.8, 4) is 0 Å². The first-order valence-electron chi connectivity index (χ1n) is 11.1. The number of halogens is 4. The first kappa shape index (κ1) is 24.8. The molecule has 0 spiro atoms. The van der Waals surface area contributed by atoms with Gasteiger partial charge in [-0.15, -0.1) is 0 Å². The molecule has 0 saturated carbocycles. The van der Waals surface area contributed by atoms with Crippen LogP contribution in [0.4, 0.5) is 18.0 Å². The number of rotatable bonds is 5. The fourth-order valence-electron chi connectivity index (χ4n) is 4.10. The number of carbonyl (C=O) groups is 2. The number of thioether (sulfide) groups is 1. The number of ether oxygens (including phenoxy) is 1. The van der Waals surface area contributed by atoms with Gasteiger partial charge < -0.3 is 10.1 Å². The Balaban J connectivity index is 1.33. The highest BCUT2D eigenvalue weighted by atomic mass is 35.5. The zero-order chi connectivity index (χ0) is 25.4. The lowest BCUT2D eigenvalue weighted by atomic mass is 10.1. The fraction of sp³-hybridized carbons (Fsp3) is 0.292. The number of amides is 2. The first-order valence-corrected chi connectivity index (χ1v) is 12.3. The number of nitrogens with zero attached hydrogens (tertiary/aromatic N) is 3. The standard InChI is InChI=1S/C24H20ClF3N4O3S/c25-19-9-17(24(26,27)28)3-2-15(19)11-32-20-4-1-14(7-16(20)10-30-32)8-21-22(33)31(23(34)36-21)12-18-13-35-6-5-29-18/h1-4,7-10,18,29H,5-6,11-13H2/t18-/m1/s1. The first-order chi connectivity index (χ1) is 17.2. The van der Waals surface area contributed by atoms with Gasteiger partial charge in [-0.2, -0.15) is 18.3 Å². The largest absolute Gasteiger partial charge is 0.416 e. The lowest BCUT2D eigenvalue weighted by Gasteiger charge is -2.26. The summed E-state index contributed by atoms with van der Waals surface area (Å²) in [5, 5.41) is 8.04. The second kappa shape index (κ2) is 9.89. The summed E-state index contributed by atoms with van der Waals surface area (Å²) >= 11 is 6.99. The Labute approximate surface area is 213 Å². The minimum Gasteiger partial charge on any atom is -0.378 e. The van der Waals surface area contributed by atoms with Crippen molar-refractivity contribution in [1.82, 2.24) is 20.0 Å². The molecule has 2 aliphatic rings. The van der Waals surface area contributed by atoms with Gasteiger partial charge in [-0.25, -0.2) is 0 Å². The molecule has 0 bridgehead atoms. The minimum atomic E-state index is -4.46. The van der Waals surface area contributed by atoms with E-state index in [0.29, 0.717) is 30.2 Å². The Hall–Kier alpha value is -2.86. The number of alkyl halides is 3. The van der Waals surface area contributed by atoms with Crippen molar-refractivity contribution < 1.29 is 27.5 Å². The van der Waals surface area contributed by atoms with E-state index in [0.717, 1.165) is 40.4 Å². The van der Waals surface area contributed by atoms with Crippen LogP contribution >= 0.6 is 23.4 Å². The molecule has 5 rings (SSSR count). The normalized spacial score (nSPS) is 20.2. The molecule has 2 aromatic carbocycles. The maximum Gasteiger partial charge on any atom is 0.416 e. The van der Waals surface area contributed by atoms with Gasteiger partial charge in [0.25, 0.3) is 11.1 Å². The Morgan fingerprint density at radius 3 is 2.78 bits per heavy atom. The number of hydrogen-bond acceptors (Lipinski definition) is 6. The molecule has 3 aromatic rings. The summed E-state index contributed by atoms with van der Waals surface area (Å²) in [7, 11) is 0. The van der Waals surface area contributed by atoms with Gasteiger partial charge in [-0.3, -0.25) is 19.2 Å². The van der Waals surface area contributed by atoms with Crippen LogP contribution in [-0.4, -0.2) is 58.2 Å². The maximum atomic E-state index is 12.9. The zero-order valence-corrected chi connectivity index (χ0v) is 20.3. The van der Waals surface area contributed by atoms with Crippen molar-refractivity contribution in [3.05, 3.63) is 69.2 Å². The monoisotopic (exact) mass is 536 g/mol. The van der Waals surface area contributed by atoms with Crippen molar-refractivity contribution in [1.29, 1.82) is 0 Å². The van der Waals surface area contributed by atoms with Gasteiger partial charge in [-0.1, -0.05) is 23.7 Å². The molecule has 0 unspecified atom stereocenters. The predicted octanol–water partition coefficient (Wildman–Crippen LogP) is 4.78. The van der Waals surface area contributed by atoms with E-state index >= 15 is 0 Å². The third-order valence-corrected chi connectivity index (χ3v) is 7.20. The van der Waals surface area contributed by atoms with Crippen LogP contribution in [0.1, 0.15) is 16.7 Å². The lowest BCUT2D eigenvalue weighted by Crippen LogP contribution is -2.49. The molecule has 2 saturated heterocycles. The molecule has 188 valence electrons. The topological polar surface area (TPSA) is 76.5 Å². The van der Waals surface area contributed by atoms with Crippen LogP contribution in [0.15, 0.2) is 47.5 Å². The van der Waals surface area contributed by atoms with E-state index in [1.54, 1.807) is 29.1 Å². The van der Waals surface area contributed by atoms with Gasteiger partial charge >= 0.3 is 6.18 Å². The van der Waals surface area contributed by atoms with Gasteiger partial charge in [-0.05, 0) is 53.2 Å². The van der Waals surface area contributed by atoms with Crippen LogP contribution in [0.3, 0.4) is 0 Å². The Bertz CT molecular complexity index is 1370. The van der Waals surface area contributed by atoms with E-state index in [9.17, 15) is 22.8 Å². The zero-order valence-electron chi connectivity index (χ0n) is 18.7. The number of morpholine rings is 1. The van der Waals surface area contributed by atoms with E-state index < -0.39 is 11.7 Å². The molecule has 0 radical (unpaired) electrons. The highest BCUT2D eigenvalue weighted by Crippen LogP contribution is 2.34. The second-order valence-electron chi connectivity index (χ2n) is 8.44. The number of nitrogens with one attached hydrogen (secondary N) is 1. The fourth-order valence-corrected chi connectivity index (χ4v) is 5.19. The molecule has 1 N–H and O–H groups in total. The molecule has 2 fully saturated rings. The SMILES string of the molecule is O=C1SC(=Cc2ccc3c(cnn3Cc3ccc(C(F)(F)F)cc3Cl)c2)C(=O)N1C[C@@H]1COCCN1. The molecule has 1 atom stereocenters. The van der Waals surface area contributed by atoms with E-state index in [2.05, 4.69) is 10.4 Å². The quantitative estimate of drug-likeness (QED) is 0.473. The maximum absolute atomic E-state index is 12.9. The van der Waals surface area contributed by atoms with Gasteiger partial charge in [0.05, 0.1) is 41.9 Å². The summed E-state index contributed by atoms with van der Waals surface area (Å²) in [6.07, 6.45) is -1.17. The highest BCUT2D eigenvalue weighted by Gasteiger charge is 2.36. The van der Waals surface area contributed by atoms with Gasteiger partial charge in [0.2, 0.25) is 0 Å². The Morgan fingerprint density at radius 2 is 2.06 bits per heavy atom. The minimum absolute atomic E-state index is 0.0100. The highest BCUT2D eigenvalue weighted by molar-refractivity contribution is 8.18. The number of imide groups is 1. The second-order valence-corrected chi connectivity index (χ2v) is 9.84. The average Bonchev–Trinajstić information content (AvgIpc) is 3.35.